The van der Waals surface area contributed by atoms with E-state index in [4.69, 9.17) is 0 Å². The molecule has 92 valence electrons. The van der Waals surface area contributed by atoms with Gasteiger partial charge in [-0.3, -0.25) is 0 Å². The number of rotatable bonds is 0. The summed E-state index contributed by atoms with van der Waals surface area (Å²) >= 11 is -2.40. The van der Waals surface area contributed by atoms with Crippen LogP contribution in [0.1, 0.15) is 0 Å². The fraction of sp³-hybridized carbons (Fsp3) is 0.111. The number of hydrogen-bond acceptors (Lipinski definition) is 0. The van der Waals surface area contributed by atoms with Gasteiger partial charge in [0.1, 0.15) is 0 Å². The van der Waals surface area contributed by atoms with Crippen molar-refractivity contribution in [2.24, 2.45) is 0 Å². The van der Waals surface area contributed by atoms with Gasteiger partial charge in [-0.25, -0.2) is 0 Å². The fourth-order valence-electron chi connectivity index (χ4n) is 3.49. The van der Waals surface area contributed by atoms with Crippen LogP contribution in [0, 0.1) is 0 Å². The van der Waals surface area contributed by atoms with Crippen LogP contribution in [0.15, 0.2) is 60.7 Å². The van der Waals surface area contributed by atoms with Crippen LogP contribution in [0.5, 0.6) is 0 Å². The first-order valence-electron chi connectivity index (χ1n) is 6.82. The average molecular weight is 351 g/mol. The van der Waals surface area contributed by atoms with Gasteiger partial charge in [-0.05, 0) is 0 Å². The van der Waals surface area contributed by atoms with Crippen molar-refractivity contribution in [2.75, 3.05) is 0 Å². The predicted molar refractivity (Wildman–Crippen MR) is 86.1 cm³/mol. The van der Waals surface area contributed by atoms with Crippen LogP contribution >= 0.6 is 0 Å². The van der Waals surface area contributed by atoms with E-state index in [0.717, 1.165) is 0 Å². The summed E-state index contributed by atoms with van der Waals surface area (Å²) in [5.74, 6) is 0. The molecule has 0 aliphatic carbocycles. The zero-order chi connectivity index (χ0) is 13.0. The molecule has 1 heteroatoms. The Balaban J connectivity index is 2.28. The molecule has 0 saturated carbocycles. The molecule has 1 aliphatic heterocycles. The Labute approximate surface area is 118 Å². The van der Waals surface area contributed by atoms with Crippen molar-refractivity contribution in [3.05, 3.63) is 60.7 Å². The Bertz CT molecular complexity index is 794. The fourth-order valence-corrected chi connectivity index (χ4v) is 12.4. The van der Waals surface area contributed by atoms with Crippen molar-refractivity contribution < 1.29 is 0 Å². The Morgan fingerprint density at radius 1 is 0.632 bits per heavy atom. The molecule has 3 aromatic carbocycles. The molecular weight excluding hydrogens is 335 g/mol. The van der Waals surface area contributed by atoms with E-state index in [1.807, 2.05) is 0 Å². The van der Waals surface area contributed by atoms with Gasteiger partial charge in [0.05, 0.1) is 0 Å². The summed E-state index contributed by atoms with van der Waals surface area (Å²) in [4.78, 5) is 5.08. The van der Waals surface area contributed by atoms with Gasteiger partial charge < -0.3 is 0 Å². The number of fused-ring (bicyclic) bond motifs is 2. The van der Waals surface area contributed by atoms with E-state index in [1.54, 1.807) is 7.16 Å². The summed E-state index contributed by atoms with van der Waals surface area (Å²) in [6.45, 7) is 0. The third-order valence-electron chi connectivity index (χ3n) is 4.47. The zero-order valence-electron chi connectivity index (χ0n) is 11.3. The van der Waals surface area contributed by atoms with Crippen LogP contribution < -0.4 is 7.16 Å². The maximum absolute atomic E-state index is 2.54. The van der Waals surface area contributed by atoms with E-state index in [0.29, 0.717) is 0 Å². The second kappa shape index (κ2) is 3.86. The molecule has 3 aromatic rings. The van der Waals surface area contributed by atoms with Crippen molar-refractivity contribution in [2.45, 2.75) is 9.88 Å². The van der Waals surface area contributed by atoms with Crippen LogP contribution in [-0.2, 0) is 0 Å². The van der Waals surface area contributed by atoms with Crippen LogP contribution in [0.25, 0.3) is 21.9 Å². The van der Waals surface area contributed by atoms with Crippen LogP contribution in [0.4, 0.5) is 0 Å². The molecule has 0 unspecified atom stereocenters. The second-order valence-corrected chi connectivity index (χ2v) is 18.2. The van der Waals surface area contributed by atoms with E-state index in [2.05, 4.69) is 70.5 Å². The van der Waals surface area contributed by atoms with Crippen LogP contribution in [0.3, 0.4) is 0 Å². The Morgan fingerprint density at radius 2 is 1.26 bits per heavy atom. The molecule has 1 aliphatic rings. The standard InChI is InChI=1S/C16H10.2CH3.Sn/c1-2-7-13(8-3-1)16-12-6-10-14-9-4-5-11-15(14)16;;;/h1-7,9-10,12H;2*1H3;. The second-order valence-electron chi connectivity index (χ2n) is 5.88. The normalized spacial score (nSPS) is 15.3. The summed E-state index contributed by atoms with van der Waals surface area (Å²) in [6.07, 6.45) is 0. The molecule has 0 radical (unpaired) electrons. The first-order valence-corrected chi connectivity index (χ1v) is 15.4. The molecule has 0 fully saturated rings. The van der Waals surface area contributed by atoms with E-state index < -0.39 is 18.4 Å². The molecule has 0 aromatic heterocycles. The molecule has 0 spiro atoms. The van der Waals surface area contributed by atoms with Crippen molar-refractivity contribution in [1.82, 2.24) is 0 Å². The Hall–Kier alpha value is -1.28. The molecule has 19 heavy (non-hydrogen) atoms. The van der Waals surface area contributed by atoms with Gasteiger partial charge in [-0.1, -0.05) is 0 Å². The number of hydrogen-bond donors (Lipinski definition) is 0. The first-order chi connectivity index (χ1) is 9.19. The molecule has 4 rings (SSSR count). The zero-order valence-corrected chi connectivity index (χ0v) is 14.1. The van der Waals surface area contributed by atoms with Gasteiger partial charge in [0, 0.05) is 0 Å². The molecule has 0 N–H and O–H groups in total. The van der Waals surface area contributed by atoms with Crippen LogP contribution in [0.2, 0.25) is 9.88 Å². The Morgan fingerprint density at radius 3 is 2.11 bits per heavy atom. The molecule has 0 amide bonds. The van der Waals surface area contributed by atoms with Crippen molar-refractivity contribution in [1.29, 1.82) is 0 Å². The van der Waals surface area contributed by atoms with Gasteiger partial charge >= 0.3 is 118 Å². The SMILES string of the molecule is [CH3][Sn]1([CH3])[c]2ccccc2-c2cccc3ccc[c]1c23. The average Bonchev–Trinajstić information content (AvgIpc) is 2.45. The van der Waals surface area contributed by atoms with E-state index in [9.17, 15) is 0 Å². The topological polar surface area (TPSA) is 0 Å². The monoisotopic (exact) mass is 352 g/mol. The minimum atomic E-state index is -2.40. The molecule has 0 bridgehead atoms. The summed E-state index contributed by atoms with van der Waals surface area (Å²) in [5.41, 5.74) is 2.91. The summed E-state index contributed by atoms with van der Waals surface area (Å²) in [7, 11) is 0. The van der Waals surface area contributed by atoms with Crippen molar-refractivity contribution in [3.63, 3.8) is 0 Å². The van der Waals surface area contributed by atoms with E-state index >= 15 is 0 Å². The molecular formula is C18H16Sn. The molecule has 0 atom stereocenters. The summed E-state index contributed by atoms with van der Waals surface area (Å²) in [5, 5.41) is 2.92. The number of benzene rings is 3. The van der Waals surface area contributed by atoms with Gasteiger partial charge in [-0.2, -0.15) is 0 Å². The van der Waals surface area contributed by atoms with E-state index in [1.165, 1.54) is 21.9 Å². The van der Waals surface area contributed by atoms with Gasteiger partial charge in [0.25, 0.3) is 0 Å². The minimum absolute atomic E-state index is 1.40. The van der Waals surface area contributed by atoms with Crippen LogP contribution in [-0.4, -0.2) is 18.4 Å². The molecule has 1 heterocycles. The quantitative estimate of drug-likeness (QED) is 0.543. The molecule has 0 nitrogen and oxygen atoms in total. The van der Waals surface area contributed by atoms with E-state index in [-0.39, 0.29) is 0 Å². The first kappa shape index (κ1) is 11.5. The van der Waals surface area contributed by atoms with Crippen molar-refractivity contribution in [3.8, 4) is 11.1 Å². The van der Waals surface area contributed by atoms with Crippen molar-refractivity contribution >= 4 is 36.3 Å². The van der Waals surface area contributed by atoms with Gasteiger partial charge in [0.15, 0.2) is 0 Å². The Kier molecular flexibility index (Phi) is 2.34. The molecule has 0 saturated heterocycles. The predicted octanol–water partition coefficient (Wildman–Crippen LogP) is 3.64. The maximum atomic E-state index is 2.54. The summed E-state index contributed by atoms with van der Waals surface area (Å²) < 4.78 is 3.30. The third kappa shape index (κ3) is 1.47. The summed E-state index contributed by atoms with van der Waals surface area (Å²) in [6, 6.07) is 22.6. The van der Waals surface area contributed by atoms with Gasteiger partial charge in [0.2, 0.25) is 0 Å². The third-order valence-corrected chi connectivity index (χ3v) is 14.6. The van der Waals surface area contributed by atoms with Gasteiger partial charge in [-0.15, -0.1) is 0 Å².